The number of aromatic nitrogens is 3. The van der Waals surface area contributed by atoms with Gasteiger partial charge in [-0.3, -0.25) is 4.79 Å². The number of nitrogens with two attached hydrogens (primary N) is 1. The van der Waals surface area contributed by atoms with E-state index < -0.39 is 30.4 Å². The summed E-state index contributed by atoms with van der Waals surface area (Å²) in [5, 5.41) is 16.3. The van der Waals surface area contributed by atoms with Crippen molar-refractivity contribution in [3.8, 4) is 17.6 Å². The molecule has 2 aromatic heterocycles. The lowest BCUT2D eigenvalue weighted by atomic mass is 10.1. The summed E-state index contributed by atoms with van der Waals surface area (Å²) in [6, 6.07) is 10.1. The van der Waals surface area contributed by atoms with Gasteiger partial charge in [0.25, 0.3) is 5.91 Å². The van der Waals surface area contributed by atoms with Gasteiger partial charge in [-0.25, -0.2) is 14.1 Å². The maximum atomic E-state index is 13.2. The SMILES string of the molecule is N#Cc1c(CCCNC(=O)c2cccnc2OCC(F)(F)F)nn(-c2ccc(F)cc2)c1N. The highest BCUT2D eigenvalue weighted by Crippen LogP contribution is 2.22. The average Bonchev–Trinajstić information content (AvgIpc) is 3.10. The number of alkyl halides is 3. The van der Waals surface area contributed by atoms with Gasteiger partial charge in [-0.2, -0.15) is 23.5 Å². The van der Waals surface area contributed by atoms with E-state index >= 15 is 0 Å². The van der Waals surface area contributed by atoms with Crippen LogP contribution in [0.25, 0.3) is 5.69 Å². The van der Waals surface area contributed by atoms with Crippen molar-refractivity contribution >= 4 is 11.7 Å². The molecule has 1 aromatic carbocycles. The largest absolute Gasteiger partial charge is 0.467 e. The Bertz CT molecular complexity index is 1170. The van der Waals surface area contributed by atoms with E-state index in [0.717, 1.165) is 0 Å². The number of carbonyl (C=O) groups is 1. The number of pyridine rings is 1. The van der Waals surface area contributed by atoms with Gasteiger partial charge in [-0.1, -0.05) is 0 Å². The molecule has 2 heterocycles. The van der Waals surface area contributed by atoms with Crippen LogP contribution in [0.2, 0.25) is 0 Å². The van der Waals surface area contributed by atoms with Crippen LogP contribution in [0.5, 0.6) is 5.88 Å². The van der Waals surface area contributed by atoms with Gasteiger partial charge in [0.15, 0.2) is 6.61 Å². The van der Waals surface area contributed by atoms with Crippen molar-refractivity contribution in [2.24, 2.45) is 0 Å². The van der Waals surface area contributed by atoms with Crippen LogP contribution < -0.4 is 15.8 Å². The lowest BCUT2D eigenvalue weighted by Crippen LogP contribution is -2.27. The molecule has 0 aliphatic carbocycles. The van der Waals surface area contributed by atoms with Gasteiger partial charge in [0, 0.05) is 12.7 Å². The molecule has 12 heteroatoms. The number of benzene rings is 1. The average molecular weight is 462 g/mol. The highest BCUT2D eigenvalue weighted by Gasteiger charge is 2.29. The number of amides is 1. The summed E-state index contributed by atoms with van der Waals surface area (Å²) >= 11 is 0. The number of rotatable bonds is 8. The topological polar surface area (TPSA) is 119 Å². The number of nitrogens with zero attached hydrogens (tertiary/aromatic N) is 4. The van der Waals surface area contributed by atoms with Crippen molar-refractivity contribution in [1.82, 2.24) is 20.1 Å². The van der Waals surface area contributed by atoms with E-state index in [9.17, 15) is 27.6 Å². The highest BCUT2D eigenvalue weighted by molar-refractivity contribution is 5.96. The fourth-order valence-electron chi connectivity index (χ4n) is 2.94. The Balaban J connectivity index is 1.62. The van der Waals surface area contributed by atoms with Crippen LogP contribution in [0.3, 0.4) is 0 Å². The van der Waals surface area contributed by atoms with Gasteiger partial charge in [0.05, 0.1) is 11.4 Å². The molecule has 3 N–H and O–H groups in total. The molecule has 0 atom stereocenters. The third kappa shape index (κ3) is 5.97. The number of hydrogen-bond acceptors (Lipinski definition) is 6. The van der Waals surface area contributed by atoms with Gasteiger partial charge in [-0.05, 0) is 49.2 Å². The zero-order valence-corrected chi connectivity index (χ0v) is 17.1. The second-order valence-corrected chi connectivity index (χ2v) is 6.83. The van der Waals surface area contributed by atoms with Crippen molar-refractivity contribution in [1.29, 1.82) is 5.26 Å². The Hall–Kier alpha value is -4.14. The monoisotopic (exact) mass is 462 g/mol. The predicted octanol–water partition coefficient (Wildman–Crippen LogP) is 3.16. The number of carbonyl (C=O) groups excluding carboxylic acids is 1. The Morgan fingerprint density at radius 2 is 1.97 bits per heavy atom. The Kier molecular flexibility index (Phi) is 7.12. The fourth-order valence-corrected chi connectivity index (χ4v) is 2.94. The maximum Gasteiger partial charge on any atom is 0.422 e. The van der Waals surface area contributed by atoms with Gasteiger partial charge in [0.2, 0.25) is 5.88 Å². The Labute approximate surface area is 185 Å². The van der Waals surface area contributed by atoms with Gasteiger partial charge < -0.3 is 15.8 Å². The number of nitrogens with one attached hydrogen (secondary N) is 1. The van der Waals surface area contributed by atoms with Crippen LogP contribution in [0.1, 0.15) is 28.0 Å². The summed E-state index contributed by atoms with van der Waals surface area (Å²) in [5.41, 5.74) is 6.91. The summed E-state index contributed by atoms with van der Waals surface area (Å²) in [5.74, 6) is -1.41. The van der Waals surface area contributed by atoms with Crippen molar-refractivity contribution in [3.63, 3.8) is 0 Å². The first kappa shape index (κ1) is 23.5. The summed E-state index contributed by atoms with van der Waals surface area (Å²) in [6.07, 6.45) is -2.71. The smallest absolute Gasteiger partial charge is 0.422 e. The van der Waals surface area contributed by atoms with Crippen LogP contribution in [0, 0.1) is 17.1 Å². The lowest BCUT2D eigenvalue weighted by molar-refractivity contribution is -0.154. The third-order valence-electron chi connectivity index (χ3n) is 4.44. The number of ether oxygens (including phenoxy) is 1. The molecule has 0 saturated carbocycles. The number of nitriles is 1. The lowest BCUT2D eigenvalue weighted by Gasteiger charge is -2.12. The van der Waals surface area contributed by atoms with E-state index in [0.29, 0.717) is 17.8 Å². The van der Waals surface area contributed by atoms with Crippen LogP contribution in [-0.4, -0.2) is 40.0 Å². The van der Waals surface area contributed by atoms with Crippen molar-refractivity contribution in [2.45, 2.75) is 19.0 Å². The first-order valence-corrected chi connectivity index (χ1v) is 9.66. The van der Waals surface area contributed by atoms with Crippen LogP contribution in [-0.2, 0) is 6.42 Å². The van der Waals surface area contributed by atoms with Gasteiger partial charge in [0.1, 0.15) is 28.8 Å². The molecule has 3 rings (SSSR count). The number of aryl methyl sites for hydroxylation is 1. The van der Waals surface area contributed by atoms with Gasteiger partial charge in [-0.15, -0.1) is 0 Å². The number of anilines is 1. The molecule has 0 fully saturated rings. The minimum Gasteiger partial charge on any atom is -0.467 e. The normalized spacial score (nSPS) is 11.1. The summed E-state index contributed by atoms with van der Waals surface area (Å²) in [6.45, 7) is -1.43. The summed E-state index contributed by atoms with van der Waals surface area (Å²) in [7, 11) is 0. The zero-order chi connectivity index (χ0) is 24.0. The van der Waals surface area contributed by atoms with Crippen molar-refractivity contribution in [2.75, 3.05) is 18.9 Å². The van der Waals surface area contributed by atoms with Gasteiger partial charge >= 0.3 is 6.18 Å². The van der Waals surface area contributed by atoms with E-state index in [1.807, 2.05) is 6.07 Å². The Morgan fingerprint density at radius 3 is 2.64 bits per heavy atom. The van der Waals surface area contributed by atoms with Crippen LogP contribution >= 0.6 is 0 Å². The zero-order valence-electron chi connectivity index (χ0n) is 17.1. The molecule has 0 saturated heterocycles. The maximum absolute atomic E-state index is 13.2. The first-order chi connectivity index (χ1) is 15.7. The second-order valence-electron chi connectivity index (χ2n) is 6.83. The predicted molar refractivity (Wildman–Crippen MR) is 109 cm³/mol. The first-order valence-electron chi connectivity index (χ1n) is 9.66. The molecule has 33 heavy (non-hydrogen) atoms. The number of nitrogen functional groups attached to an aromatic ring is 1. The van der Waals surface area contributed by atoms with E-state index in [4.69, 9.17) is 5.73 Å². The van der Waals surface area contributed by atoms with E-state index in [1.165, 1.54) is 47.3 Å². The molecule has 8 nitrogen and oxygen atoms in total. The molecule has 0 aliphatic heterocycles. The van der Waals surface area contributed by atoms with E-state index in [1.54, 1.807) is 0 Å². The third-order valence-corrected chi connectivity index (χ3v) is 4.44. The molecular weight excluding hydrogens is 444 g/mol. The van der Waals surface area contributed by atoms with Crippen LogP contribution in [0.15, 0.2) is 42.6 Å². The molecular formula is C21H18F4N6O2. The molecule has 3 aromatic rings. The number of halogens is 4. The Morgan fingerprint density at radius 1 is 1.24 bits per heavy atom. The van der Waals surface area contributed by atoms with E-state index in [-0.39, 0.29) is 29.9 Å². The molecule has 0 bridgehead atoms. The molecule has 0 unspecified atom stereocenters. The highest BCUT2D eigenvalue weighted by atomic mass is 19.4. The number of hydrogen-bond donors (Lipinski definition) is 2. The minimum atomic E-state index is -4.57. The minimum absolute atomic E-state index is 0.102. The molecule has 0 spiro atoms. The summed E-state index contributed by atoms with van der Waals surface area (Å²) in [4.78, 5) is 16.0. The summed E-state index contributed by atoms with van der Waals surface area (Å²) < 4.78 is 56.3. The van der Waals surface area contributed by atoms with Crippen molar-refractivity contribution < 1.29 is 27.1 Å². The molecule has 0 aliphatic rings. The second kappa shape index (κ2) is 9.99. The quantitative estimate of drug-likeness (QED) is 0.392. The molecule has 1 amide bonds. The molecule has 0 radical (unpaired) electrons. The fraction of sp³-hybridized carbons (Fsp3) is 0.238. The standard InChI is InChI=1S/C21H18F4N6O2/c22-13-5-7-14(8-6-13)31-18(27)16(11-26)17(30-31)4-2-9-28-19(32)15-3-1-10-29-20(15)33-12-21(23,24)25/h1,3,5-8,10H,2,4,9,12,27H2,(H,28,32). The van der Waals surface area contributed by atoms with E-state index in [2.05, 4.69) is 20.1 Å². The van der Waals surface area contributed by atoms with Crippen molar-refractivity contribution in [3.05, 3.63) is 65.2 Å². The van der Waals surface area contributed by atoms with Crippen LogP contribution in [0.4, 0.5) is 23.4 Å². The molecule has 172 valence electrons.